The van der Waals surface area contributed by atoms with Gasteiger partial charge in [-0.3, -0.25) is 9.69 Å². The predicted octanol–water partition coefficient (Wildman–Crippen LogP) is 5.85. The molecule has 3 aromatic carbocycles. The number of fused-ring (bicyclic) bond motifs is 1. The van der Waals surface area contributed by atoms with Gasteiger partial charge < -0.3 is 25.0 Å². The van der Waals surface area contributed by atoms with Crippen LogP contribution < -0.4 is 20.1 Å². The second-order valence-electron chi connectivity index (χ2n) is 10.5. The molecule has 212 valence electrons. The Morgan fingerprint density at radius 1 is 0.950 bits per heavy atom. The molecule has 0 aliphatic carbocycles. The predicted molar refractivity (Wildman–Crippen MR) is 158 cm³/mol. The number of amides is 3. The molecule has 1 atom stereocenters. The number of rotatable bonds is 10. The summed E-state index contributed by atoms with van der Waals surface area (Å²) in [5.74, 6) is 1.78. The van der Waals surface area contributed by atoms with Gasteiger partial charge in [0.1, 0.15) is 23.3 Å². The normalized spacial score (nSPS) is 14.7. The lowest BCUT2D eigenvalue weighted by Gasteiger charge is -2.37. The van der Waals surface area contributed by atoms with E-state index in [1.807, 2.05) is 60.7 Å². The number of anilines is 1. The molecule has 0 spiro atoms. The zero-order chi connectivity index (χ0) is 28.6. The average Bonchev–Trinajstić information content (AvgIpc) is 2.94. The summed E-state index contributed by atoms with van der Waals surface area (Å²) in [6, 6.07) is 22.1. The van der Waals surface area contributed by atoms with Crippen LogP contribution in [0.15, 0.2) is 72.8 Å². The van der Waals surface area contributed by atoms with Crippen molar-refractivity contribution in [2.45, 2.75) is 52.2 Å². The van der Waals surface area contributed by atoms with Gasteiger partial charge in [-0.25, -0.2) is 4.79 Å². The van der Waals surface area contributed by atoms with E-state index in [0.717, 1.165) is 23.4 Å². The first-order chi connectivity index (χ1) is 19.3. The molecular weight excluding hydrogens is 504 g/mol. The number of nitrogens with zero attached hydrogens (tertiary/aromatic N) is 2. The quantitative estimate of drug-likeness (QED) is 0.334. The van der Waals surface area contributed by atoms with E-state index < -0.39 is 6.04 Å². The van der Waals surface area contributed by atoms with E-state index in [9.17, 15) is 9.59 Å². The number of para-hydroxylation sites is 3. The number of hydrogen-bond acceptors (Lipinski definition) is 5. The maximum Gasteiger partial charge on any atom is 0.322 e. The van der Waals surface area contributed by atoms with Gasteiger partial charge in [-0.05, 0) is 81.6 Å². The Kier molecular flexibility index (Phi) is 9.66. The number of ether oxygens (including phenoxy) is 2. The highest BCUT2D eigenvalue weighted by Crippen LogP contribution is 2.35. The summed E-state index contributed by atoms with van der Waals surface area (Å²) in [5.41, 5.74) is 2.33. The first kappa shape index (κ1) is 29.0. The van der Waals surface area contributed by atoms with Gasteiger partial charge in [-0.15, -0.1) is 0 Å². The van der Waals surface area contributed by atoms with Gasteiger partial charge in [0.25, 0.3) is 0 Å². The molecule has 1 unspecified atom stereocenters. The van der Waals surface area contributed by atoms with E-state index in [0.29, 0.717) is 48.8 Å². The van der Waals surface area contributed by atoms with Crippen LogP contribution in [-0.2, 0) is 11.2 Å². The molecule has 0 radical (unpaired) electrons. The maximum atomic E-state index is 13.7. The third-order valence-electron chi connectivity index (χ3n) is 7.18. The molecule has 0 saturated carbocycles. The van der Waals surface area contributed by atoms with Crippen molar-refractivity contribution in [3.05, 3.63) is 83.9 Å². The van der Waals surface area contributed by atoms with E-state index in [4.69, 9.17) is 9.47 Å². The zero-order valence-corrected chi connectivity index (χ0v) is 24.0. The molecular formula is C32H40N4O4. The third kappa shape index (κ3) is 6.93. The van der Waals surface area contributed by atoms with Crippen LogP contribution in [0.2, 0.25) is 0 Å². The standard InChI is InChI=1S/C32H40N4O4/c1-22(2)35(23(3)4)20-18-33-31(37)30-27-16-15-26(40-25-11-7-6-8-12-25)21-24(27)17-19-36(30)32(38)34-28-13-9-10-14-29(28)39-5/h6-16,21-23,30H,17-20H2,1-5H3,(H,33,37)(H,34,38). The first-order valence-electron chi connectivity index (χ1n) is 13.9. The molecule has 3 aromatic rings. The fraction of sp³-hybridized carbons (Fsp3) is 0.375. The lowest BCUT2D eigenvalue weighted by Crippen LogP contribution is -2.50. The summed E-state index contributed by atoms with van der Waals surface area (Å²) < 4.78 is 11.5. The Labute approximate surface area is 237 Å². The number of hydrogen-bond donors (Lipinski definition) is 2. The number of carbonyl (C=O) groups excluding carboxylic acids is 2. The van der Waals surface area contributed by atoms with Crippen molar-refractivity contribution in [3.63, 3.8) is 0 Å². The Morgan fingerprint density at radius 3 is 2.35 bits per heavy atom. The number of urea groups is 1. The van der Waals surface area contributed by atoms with Crippen LogP contribution >= 0.6 is 0 Å². The average molecular weight is 545 g/mol. The first-order valence-corrected chi connectivity index (χ1v) is 13.9. The topological polar surface area (TPSA) is 83.1 Å². The molecule has 1 heterocycles. The van der Waals surface area contributed by atoms with Crippen molar-refractivity contribution in [3.8, 4) is 17.2 Å². The number of carbonyl (C=O) groups is 2. The lowest BCUT2D eigenvalue weighted by atomic mass is 9.91. The molecule has 8 nitrogen and oxygen atoms in total. The minimum Gasteiger partial charge on any atom is -0.495 e. The highest BCUT2D eigenvalue weighted by Gasteiger charge is 2.36. The fourth-order valence-electron chi connectivity index (χ4n) is 5.25. The van der Waals surface area contributed by atoms with E-state index in [1.165, 1.54) is 0 Å². The molecule has 4 rings (SSSR count). The fourth-order valence-corrected chi connectivity index (χ4v) is 5.25. The van der Waals surface area contributed by atoms with Crippen LogP contribution in [-0.4, -0.2) is 60.6 Å². The molecule has 1 aliphatic rings. The van der Waals surface area contributed by atoms with Gasteiger partial charge in [-0.2, -0.15) is 0 Å². The van der Waals surface area contributed by atoms with Crippen LogP contribution in [0.4, 0.5) is 10.5 Å². The van der Waals surface area contributed by atoms with Crippen molar-refractivity contribution in [1.82, 2.24) is 15.1 Å². The van der Waals surface area contributed by atoms with Crippen LogP contribution in [0.5, 0.6) is 17.2 Å². The van der Waals surface area contributed by atoms with Crippen LogP contribution in [0, 0.1) is 0 Å². The zero-order valence-electron chi connectivity index (χ0n) is 24.0. The van der Waals surface area contributed by atoms with Crippen molar-refractivity contribution >= 4 is 17.6 Å². The molecule has 40 heavy (non-hydrogen) atoms. The summed E-state index contributed by atoms with van der Waals surface area (Å²) in [7, 11) is 1.56. The highest BCUT2D eigenvalue weighted by atomic mass is 16.5. The van der Waals surface area contributed by atoms with Gasteiger partial charge in [0.15, 0.2) is 0 Å². The minimum atomic E-state index is -0.782. The molecule has 0 aromatic heterocycles. The van der Waals surface area contributed by atoms with Crippen LogP contribution in [0.1, 0.15) is 44.9 Å². The van der Waals surface area contributed by atoms with E-state index in [1.54, 1.807) is 24.1 Å². The highest BCUT2D eigenvalue weighted by molar-refractivity contribution is 5.95. The van der Waals surface area contributed by atoms with Crippen molar-refractivity contribution in [2.75, 3.05) is 32.1 Å². The Morgan fingerprint density at radius 2 is 1.65 bits per heavy atom. The second-order valence-corrected chi connectivity index (χ2v) is 10.5. The molecule has 0 bridgehead atoms. The summed E-state index contributed by atoms with van der Waals surface area (Å²) in [6.07, 6.45) is 0.596. The minimum absolute atomic E-state index is 0.208. The van der Waals surface area contributed by atoms with Gasteiger partial charge in [0, 0.05) is 31.7 Å². The van der Waals surface area contributed by atoms with Gasteiger partial charge in [0.05, 0.1) is 12.8 Å². The Hall–Kier alpha value is -4.04. The molecule has 0 saturated heterocycles. The molecule has 1 aliphatic heterocycles. The Bertz CT molecular complexity index is 1290. The summed E-state index contributed by atoms with van der Waals surface area (Å²) >= 11 is 0. The summed E-state index contributed by atoms with van der Waals surface area (Å²) in [4.78, 5) is 31.2. The Balaban J connectivity index is 1.58. The number of nitrogens with one attached hydrogen (secondary N) is 2. The number of methoxy groups -OCH3 is 1. The maximum absolute atomic E-state index is 13.7. The molecule has 8 heteroatoms. The van der Waals surface area contributed by atoms with Gasteiger partial charge >= 0.3 is 6.03 Å². The van der Waals surface area contributed by atoms with Crippen molar-refractivity contribution in [1.29, 1.82) is 0 Å². The van der Waals surface area contributed by atoms with Gasteiger partial charge in [-0.1, -0.05) is 36.4 Å². The lowest BCUT2D eigenvalue weighted by molar-refractivity contribution is -0.126. The smallest absolute Gasteiger partial charge is 0.322 e. The van der Waals surface area contributed by atoms with E-state index >= 15 is 0 Å². The second kappa shape index (κ2) is 13.3. The SMILES string of the molecule is COc1ccccc1NC(=O)N1CCc2cc(Oc3ccccc3)ccc2C1C(=O)NCCN(C(C)C)C(C)C. The summed E-state index contributed by atoms with van der Waals surface area (Å²) in [5, 5.41) is 6.05. The third-order valence-corrected chi connectivity index (χ3v) is 7.18. The molecule has 3 amide bonds. The molecule has 0 fully saturated rings. The van der Waals surface area contributed by atoms with E-state index in [-0.39, 0.29) is 11.9 Å². The van der Waals surface area contributed by atoms with Gasteiger partial charge in [0.2, 0.25) is 5.91 Å². The van der Waals surface area contributed by atoms with E-state index in [2.05, 4.69) is 43.2 Å². The van der Waals surface area contributed by atoms with Crippen LogP contribution in [0.25, 0.3) is 0 Å². The molecule has 2 N–H and O–H groups in total. The van der Waals surface area contributed by atoms with Crippen molar-refractivity contribution in [2.24, 2.45) is 0 Å². The largest absolute Gasteiger partial charge is 0.495 e. The number of benzene rings is 3. The summed E-state index contributed by atoms with van der Waals surface area (Å²) in [6.45, 7) is 10.2. The van der Waals surface area contributed by atoms with Crippen LogP contribution in [0.3, 0.4) is 0 Å². The van der Waals surface area contributed by atoms with Crippen molar-refractivity contribution < 1.29 is 19.1 Å². The monoisotopic (exact) mass is 544 g/mol.